The summed E-state index contributed by atoms with van der Waals surface area (Å²) in [5.41, 5.74) is 3.49. The highest BCUT2D eigenvalue weighted by molar-refractivity contribution is 6.13. The highest BCUT2D eigenvalue weighted by atomic mass is 16.6. The number of esters is 2. The van der Waals surface area contributed by atoms with E-state index in [9.17, 15) is 9.59 Å². The quantitative estimate of drug-likeness (QED) is 0.464. The number of benzene rings is 3. The molecule has 0 bridgehead atoms. The zero-order valence-electron chi connectivity index (χ0n) is 16.8. The van der Waals surface area contributed by atoms with E-state index in [0.717, 1.165) is 22.3 Å². The van der Waals surface area contributed by atoms with E-state index < -0.39 is 11.9 Å². The van der Waals surface area contributed by atoms with Gasteiger partial charge in [-0.1, -0.05) is 60.7 Å². The van der Waals surface area contributed by atoms with Gasteiger partial charge in [0.1, 0.15) is 0 Å². The first-order chi connectivity index (χ1) is 15.7. The van der Waals surface area contributed by atoms with Crippen LogP contribution in [0.4, 0.5) is 0 Å². The van der Waals surface area contributed by atoms with Crippen molar-refractivity contribution in [1.29, 1.82) is 0 Å². The lowest BCUT2D eigenvalue weighted by atomic mass is 10.1. The normalized spacial score (nSPS) is 17.9. The van der Waals surface area contributed by atoms with E-state index in [2.05, 4.69) is 9.98 Å². The third-order valence-corrected chi connectivity index (χ3v) is 4.83. The van der Waals surface area contributed by atoms with Gasteiger partial charge in [0.05, 0.1) is 0 Å². The van der Waals surface area contributed by atoms with Gasteiger partial charge in [0.2, 0.25) is 11.8 Å². The highest BCUT2D eigenvalue weighted by Gasteiger charge is 2.25. The molecule has 6 heteroatoms. The molecule has 0 amide bonds. The van der Waals surface area contributed by atoms with Crippen LogP contribution < -0.4 is 0 Å². The molecule has 0 N–H and O–H groups in total. The molecule has 32 heavy (non-hydrogen) atoms. The Kier molecular flexibility index (Phi) is 5.01. The maximum absolute atomic E-state index is 12.2. The number of ether oxygens (including phenoxy) is 2. The number of aliphatic imine (C=N–C) groups is 2. The summed E-state index contributed by atoms with van der Waals surface area (Å²) >= 11 is 0. The molecule has 0 aliphatic carbocycles. The topological polar surface area (TPSA) is 77.3 Å². The zero-order valence-corrected chi connectivity index (χ0v) is 16.8. The average molecular weight is 420 g/mol. The summed E-state index contributed by atoms with van der Waals surface area (Å²) in [6.45, 7) is 0. The van der Waals surface area contributed by atoms with Crippen molar-refractivity contribution >= 4 is 35.9 Å². The Morgan fingerprint density at radius 1 is 0.531 bits per heavy atom. The number of nitrogens with zero attached hydrogens (tertiary/aromatic N) is 2. The molecule has 0 spiro atoms. The second-order valence-electron chi connectivity index (χ2n) is 7.07. The molecule has 0 saturated heterocycles. The van der Waals surface area contributed by atoms with Gasteiger partial charge in [-0.2, -0.15) is 0 Å². The molecule has 0 unspecified atom stereocenters. The molecule has 0 radical (unpaired) electrons. The van der Waals surface area contributed by atoms with E-state index in [1.165, 1.54) is 0 Å². The van der Waals surface area contributed by atoms with Gasteiger partial charge in [-0.15, -0.1) is 0 Å². The first kappa shape index (κ1) is 19.4. The van der Waals surface area contributed by atoms with Gasteiger partial charge in [-0.05, 0) is 47.5 Å². The number of rotatable bonds is 4. The monoisotopic (exact) mass is 420 g/mol. The van der Waals surface area contributed by atoms with Crippen molar-refractivity contribution in [3.05, 3.63) is 119 Å². The van der Waals surface area contributed by atoms with Crippen molar-refractivity contribution in [3.8, 4) is 0 Å². The van der Waals surface area contributed by atoms with Gasteiger partial charge < -0.3 is 9.47 Å². The Morgan fingerprint density at radius 3 is 1.28 bits per heavy atom. The molecule has 0 aromatic heterocycles. The Morgan fingerprint density at radius 2 is 0.906 bits per heavy atom. The molecule has 154 valence electrons. The lowest BCUT2D eigenvalue weighted by molar-refractivity contribution is -0.130. The fourth-order valence-corrected chi connectivity index (χ4v) is 3.23. The summed E-state index contributed by atoms with van der Waals surface area (Å²) in [6.07, 6.45) is 3.31. The lowest BCUT2D eigenvalue weighted by Gasteiger charge is -1.98. The molecule has 2 aliphatic rings. The average Bonchev–Trinajstić information content (AvgIpc) is 3.38. The van der Waals surface area contributed by atoms with Gasteiger partial charge >= 0.3 is 11.9 Å². The van der Waals surface area contributed by atoms with Crippen LogP contribution in [0.3, 0.4) is 0 Å². The van der Waals surface area contributed by atoms with Crippen LogP contribution in [0.15, 0.2) is 106 Å². The SMILES string of the molecule is O=C1OC(c2ccccc2)=N/C1=C\c1ccc(/C=C2/N=C(c3ccccc3)OC2=O)cc1. The standard InChI is InChI=1S/C26H16N2O4/c29-25-21(27-23(31-25)19-7-3-1-4-8-19)15-17-11-13-18(14-12-17)16-22-26(30)32-24(28-22)20-9-5-2-6-10-20/h1-16H/b21-15-,22-16+. The molecule has 5 rings (SSSR count). The molecule has 6 nitrogen and oxygen atoms in total. The summed E-state index contributed by atoms with van der Waals surface area (Å²) in [7, 11) is 0. The van der Waals surface area contributed by atoms with Gasteiger partial charge in [0, 0.05) is 11.1 Å². The van der Waals surface area contributed by atoms with E-state index in [4.69, 9.17) is 9.47 Å². The summed E-state index contributed by atoms with van der Waals surface area (Å²) < 4.78 is 10.5. The van der Waals surface area contributed by atoms with Crippen molar-refractivity contribution in [2.75, 3.05) is 0 Å². The summed E-state index contributed by atoms with van der Waals surface area (Å²) in [5.74, 6) is -0.414. The maximum atomic E-state index is 12.2. The molecule has 2 aliphatic heterocycles. The molecular weight excluding hydrogens is 404 g/mol. The minimum absolute atomic E-state index is 0.228. The number of cyclic esters (lactones) is 2. The van der Waals surface area contributed by atoms with E-state index >= 15 is 0 Å². The summed E-state index contributed by atoms with van der Waals surface area (Å²) in [6, 6.07) is 25.8. The number of carbonyl (C=O) groups excluding carboxylic acids is 2. The van der Waals surface area contributed by atoms with Crippen LogP contribution in [0.2, 0.25) is 0 Å². The summed E-state index contributed by atoms with van der Waals surface area (Å²) in [4.78, 5) is 32.9. The second-order valence-corrected chi connectivity index (χ2v) is 7.07. The van der Waals surface area contributed by atoms with Crippen molar-refractivity contribution in [2.45, 2.75) is 0 Å². The van der Waals surface area contributed by atoms with Crippen molar-refractivity contribution < 1.29 is 19.1 Å². The van der Waals surface area contributed by atoms with Crippen LogP contribution in [-0.4, -0.2) is 23.7 Å². The minimum Gasteiger partial charge on any atom is -0.402 e. The zero-order chi connectivity index (χ0) is 21.9. The van der Waals surface area contributed by atoms with Crippen molar-refractivity contribution in [3.63, 3.8) is 0 Å². The third-order valence-electron chi connectivity index (χ3n) is 4.83. The Hall–Kier alpha value is -4.58. The van der Waals surface area contributed by atoms with Crippen molar-refractivity contribution in [2.24, 2.45) is 9.98 Å². The Balaban J connectivity index is 1.36. The number of hydrogen-bond acceptors (Lipinski definition) is 6. The third kappa shape index (κ3) is 4.02. The van der Waals surface area contributed by atoms with E-state index in [1.807, 2.05) is 84.9 Å². The fourth-order valence-electron chi connectivity index (χ4n) is 3.23. The second kappa shape index (κ2) is 8.28. The van der Waals surface area contributed by atoms with Crippen LogP contribution >= 0.6 is 0 Å². The van der Waals surface area contributed by atoms with E-state index in [1.54, 1.807) is 12.2 Å². The predicted octanol–water partition coefficient (Wildman–Crippen LogP) is 4.38. The van der Waals surface area contributed by atoms with Crippen LogP contribution in [0.25, 0.3) is 12.2 Å². The van der Waals surface area contributed by atoms with Crippen LogP contribution in [-0.2, 0) is 19.1 Å². The van der Waals surface area contributed by atoms with Gasteiger partial charge in [-0.25, -0.2) is 19.6 Å². The number of hydrogen-bond donors (Lipinski definition) is 0. The van der Waals surface area contributed by atoms with Crippen LogP contribution in [0, 0.1) is 0 Å². The molecule has 0 atom stereocenters. The van der Waals surface area contributed by atoms with E-state index in [-0.39, 0.29) is 23.2 Å². The summed E-state index contributed by atoms with van der Waals surface area (Å²) in [5, 5.41) is 0. The lowest BCUT2D eigenvalue weighted by Crippen LogP contribution is -2.05. The number of carbonyl (C=O) groups is 2. The van der Waals surface area contributed by atoms with Crippen molar-refractivity contribution in [1.82, 2.24) is 0 Å². The van der Waals surface area contributed by atoms with Crippen LogP contribution in [0.1, 0.15) is 22.3 Å². The predicted molar refractivity (Wildman–Crippen MR) is 121 cm³/mol. The molecule has 3 aromatic carbocycles. The fraction of sp³-hybridized carbons (Fsp3) is 0. The smallest absolute Gasteiger partial charge is 0.363 e. The Labute approximate surface area is 183 Å². The van der Waals surface area contributed by atoms with Gasteiger partial charge in [0.15, 0.2) is 11.4 Å². The first-order valence-corrected chi connectivity index (χ1v) is 9.92. The molecule has 2 heterocycles. The first-order valence-electron chi connectivity index (χ1n) is 9.92. The highest BCUT2D eigenvalue weighted by Crippen LogP contribution is 2.21. The molecule has 0 saturated carbocycles. The van der Waals surface area contributed by atoms with Gasteiger partial charge in [0.25, 0.3) is 0 Å². The molecule has 0 fully saturated rings. The Bertz CT molecular complexity index is 1210. The van der Waals surface area contributed by atoms with Gasteiger partial charge in [-0.3, -0.25) is 0 Å². The van der Waals surface area contributed by atoms with E-state index in [0.29, 0.717) is 0 Å². The largest absolute Gasteiger partial charge is 0.402 e. The van der Waals surface area contributed by atoms with Crippen LogP contribution in [0.5, 0.6) is 0 Å². The molecular formula is C26H16N2O4. The maximum Gasteiger partial charge on any atom is 0.363 e. The molecule has 3 aromatic rings. The minimum atomic E-state index is -0.494.